The maximum Gasteiger partial charge on any atom is 0.00218 e. The fourth-order valence-electron chi connectivity index (χ4n) is 2.05. The van der Waals surface area contributed by atoms with E-state index >= 15 is 0 Å². The number of aryl methyl sites for hydroxylation is 1. The predicted molar refractivity (Wildman–Crippen MR) is 71.9 cm³/mol. The minimum atomic E-state index is 1.21. The summed E-state index contributed by atoms with van der Waals surface area (Å²) in [5.74, 6) is 0. The van der Waals surface area contributed by atoms with E-state index in [9.17, 15) is 0 Å². The first kappa shape index (κ1) is 13.2. The lowest BCUT2D eigenvalue weighted by atomic mass is 10.1. The summed E-state index contributed by atoms with van der Waals surface area (Å²) in [5, 5.41) is 0. The molecule has 0 unspecified atom stereocenters. The summed E-state index contributed by atoms with van der Waals surface area (Å²) >= 11 is 0. The van der Waals surface area contributed by atoms with Crippen LogP contribution < -0.4 is 0 Å². The van der Waals surface area contributed by atoms with E-state index in [4.69, 9.17) is 0 Å². The fraction of sp³-hybridized carbons (Fsp3) is 0.600. The van der Waals surface area contributed by atoms with Gasteiger partial charge in [-0.15, -0.1) is 0 Å². The van der Waals surface area contributed by atoms with E-state index in [0.717, 1.165) is 0 Å². The van der Waals surface area contributed by atoms with Crippen LogP contribution in [-0.2, 0) is 6.42 Å². The molecule has 16 heavy (non-hydrogen) atoms. The minimum Gasteiger partial charge on any atom is -0.303 e. The van der Waals surface area contributed by atoms with E-state index in [1.807, 2.05) is 13.8 Å². The molecule has 0 atom stereocenters. The van der Waals surface area contributed by atoms with Gasteiger partial charge in [0.2, 0.25) is 0 Å². The van der Waals surface area contributed by atoms with Crippen LogP contribution in [-0.4, -0.2) is 24.5 Å². The lowest BCUT2D eigenvalue weighted by molar-refractivity contribution is 0.343. The Bertz CT molecular complexity index is 270. The highest BCUT2D eigenvalue weighted by atomic mass is 15.1. The van der Waals surface area contributed by atoms with E-state index < -0.39 is 0 Å². The average molecular weight is 219 g/mol. The number of likely N-dealkylation sites (tertiary alicyclic amines) is 1. The van der Waals surface area contributed by atoms with Gasteiger partial charge in [-0.1, -0.05) is 43.7 Å². The summed E-state index contributed by atoms with van der Waals surface area (Å²) in [5.41, 5.74) is 2.83. The van der Waals surface area contributed by atoms with Gasteiger partial charge in [-0.2, -0.15) is 0 Å². The largest absolute Gasteiger partial charge is 0.303 e. The van der Waals surface area contributed by atoms with Crippen molar-refractivity contribution in [3.05, 3.63) is 35.4 Å². The molecule has 0 aliphatic carbocycles. The second kappa shape index (κ2) is 7.45. The summed E-state index contributed by atoms with van der Waals surface area (Å²) in [7, 11) is 0. The van der Waals surface area contributed by atoms with Gasteiger partial charge in [0.1, 0.15) is 0 Å². The second-order valence-corrected chi connectivity index (χ2v) is 4.28. The summed E-state index contributed by atoms with van der Waals surface area (Å²) in [6, 6.07) is 8.93. The molecule has 1 heteroatoms. The Balaban J connectivity index is 0.000000606. The van der Waals surface area contributed by atoms with Crippen molar-refractivity contribution in [3.63, 3.8) is 0 Å². The lowest BCUT2D eigenvalue weighted by Gasteiger charge is -2.13. The molecule has 0 bridgehead atoms. The van der Waals surface area contributed by atoms with Crippen LogP contribution in [0.15, 0.2) is 24.3 Å². The topological polar surface area (TPSA) is 3.24 Å². The van der Waals surface area contributed by atoms with Gasteiger partial charge < -0.3 is 4.90 Å². The Labute approximate surface area is 100 Å². The van der Waals surface area contributed by atoms with Gasteiger partial charge in [0, 0.05) is 6.54 Å². The van der Waals surface area contributed by atoms with E-state index in [1.165, 1.54) is 50.0 Å². The maximum absolute atomic E-state index is 2.57. The average Bonchev–Trinajstić information content (AvgIpc) is 2.84. The third-order valence-electron chi connectivity index (χ3n) is 3.04. The minimum absolute atomic E-state index is 1.21. The monoisotopic (exact) mass is 219 g/mol. The number of nitrogens with zero attached hydrogens (tertiary/aromatic N) is 1. The highest BCUT2D eigenvalue weighted by Crippen LogP contribution is 2.09. The molecule has 1 nitrogen and oxygen atoms in total. The van der Waals surface area contributed by atoms with Crippen LogP contribution in [0.2, 0.25) is 0 Å². The normalized spacial score (nSPS) is 15.7. The third-order valence-corrected chi connectivity index (χ3v) is 3.04. The number of hydrogen-bond donors (Lipinski definition) is 0. The van der Waals surface area contributed by atoms with Crippen molar-refractivity contribution >= 4 is 0 Å². The highest BCUT2D eigenvalue weighted by Gasteiger charge is 2.10. The molecule has 90 valence electrons. The molecule has 2 rings (SSSR count). The third kappa shape index (κ3) is 4.36. The van der Waals surface area contributed by atoms with Gasteiger partial charge in [0.05, 0.1) is 0 Å². The quantitative estimate of drug-likeness (QED) is 0.750. The molecule has 1 heterocycles. The lowest BCUT2D eigenvalue weighted by Crippen LogP contribution is -2.21. The summed E-state index contributed by atoms with van der Waals surface area (Å²) < 4.78 is 0. The van der Waals surface area contributed by atoms with E-state index in [1.54, 1.807) is 0 Å². The zero-order valence-corrected chi connectivity index (χ0v) is 11.0. The smallest absolute Gasteiger partial charge is 0.00218 e. The molecule has 1 aliphatic heterocycles. The molecule has 0 radical (unpaired) electrons. The van der Waals surface area contributed by atoms with Crippen molar-refractivity contribution in [3.8, 4) is 0 Å². The van der Waals surface area contributed by atoms with Crippen LogP contribution in [0.5, 0.6) is 0 Å². The zero-order valence-electron chi connectivity index (χ0n) is 11.0. The first-order chi connectivity index (χ1) is 7.84. The van der Waals surface area contributed by atoms with Crippen molar-refractivity contribution in [2.45, 2.75) is 40.0 Å². The second-order valence-electron chi connectivity index (χ2n) is 4.28. The number of benzene rings is 1. The first-order valence-electron chi connectivity index (χ1n) is 6.62. The van der Waals surface area contributed by atoms with E-state index in [-0.39, 0.29) is 0 Å². The number of rotatable bonds is 3. The summed E-state index contributed by atoms with van der Waals surface area (Å²) in [6.45, 7) is 10.0. The van der Waals surface area contributed by atoms with Crippen LogP contribution in [0.1, 0.15) is 37.8 Å². The van der Waals surface area contributed by atoms with Gasteiger partial charge in [0.25, 0.3) is 0 Å². The Morgan fingerprint density at radius 3 is 2.12 bits per heavy atom. The van der Waals surface area contributed by atoms with Crippen molar-refractivity contribution in [2.24, 2.45) is 0 Å². The molecule has 0 aromatic heterocycles. The molecular weight excluding hydrogens is 194 g/mol. The Morgan fingerprint density at radius 2 is 1.56 bits per heavy atom. The van der Waals surface area contributed by atoms with Crippen molar-refractivity contribution in [1.29, 1.82) is 0 Å². The molecule has 1 aromatic carbocycles. The molecule has 1 fully saturated rings. The van der Waals surface area contributed by atoms with Crippen LogP contribution in [0, 0.1) is 6.92 Å². The standard InChI is InChI=1S/C13H19N.C2H6/c1-12-4-6-13(7-5-12)8-11-14-9-2-3-10-14;1-2/h4-7H,2-3,8-11H2,1H3;1-2H3. The Hall–Kier alpha value is -0.820. The molecule has 0 N–H and O–H groups in total. The molecule has 0 amide bonds. The van der Waals surface area contributed by atoms with Crippen molar-refractivity contribution < 1.29 is 0 Å². The highest BCUT2D eigenvalue weighted by molar-refractivity contribution is 5.21. The Morgan fingerprint density at radius 1 is 1.00 bits per heavy atom. The number of hydrogen-bond acceptors (Lipinski definition) is 1. The zero-order chi connectivity index (χ0) is 11.8. The van der Waals surface area contributed by atoms with Gasteiger partial charge >= 0.3 is 0 Å². The van der Waals surface area contributed by atoms with Crippen molar-refractivity contribution in [2.75, 3.05) is 19.6 Å². The van der Waals surface area contributed by atoms with E-state index in [0.29, 0.717) is 0 Å². The summed E-state index contributed by atoms with van der Waals surface area (Å²) in [4.78, 5) is 2.57. The molecule has 0 spiro atoms. The predicted octanol–water partition coefficient (Wildman–Crippen LogP) is 3.66. The van der Waals surface area contributed by atoms with Crippen LogP contribution in [0.3, 0.4) is 0 Å². The molecular formula is C15H25N. The van der Waals surface area contributed by atoms with Crippen molar-refractivity contribution in [1.82, 2.24) is 4.90 Å². The van der Waals surface area contributed by atoms with Gasteiger partial charge in [-0.3, -0.25) is 0 Å². The van der Waals surface area contributed by atoms with Crippen LogP contribution in [0.25, 0.3) is 0 Å². The van der Waals surface area contributed by atoms with Crippen LogP contribution >= 0.6 is 0 Å². The summed E-state index contributed by atoms with van der Waals surface area (Å²) in [6.07, 6.45) is 4.00. The fourth-order valence-corrected chi connectivity index (χ4v) is 2.05. The molecule has 1 aromatic rings. The molecule has 1 aliphatic rings. The van der Waals surface area contributed by atoms with Gasteiger partial charge in [0.15, 0.2) is 0 Å². The Kier molecular flexibility index (Phi) is 6.17. The molecule has 1 saturated heterocycles. The van der Waals surface area contributed by atoms with Crippen LogP contribution in [0.4, 0.5) is 0 Å². The molecule has 0 saturated carbocycles. The SMILES string of the molecule is CC.Cc1ccc(CCN2CCCC2)cc1. The van der Waals surface area contributed by atoms with E-state index in [2.05, 4.69) is 36.1 Å². The van der Waals surface area contributed by atoms with Gasteiger partial charge in [-0.05, 0) is 44.8 Å². The maximum atomic E-state index is 2.57. The first-order valence-corrected chi connectivity index (χ1v) is 6.62. The van der Waals surface area contributed by atoms with Gasteiger partial charge in [-0.25, -0.2) is 0 Å².